The standard InChI is InChI=1S/C12H16N4O/c1-9(13-2)12-10(16-8-14-7-15-16)5-4-6-11(12)17-3/h4-9,13H,1-3H3. The van der Waals surface area contributed by atoms with E-state index < -0.39 is 0 Å². The van der Waals surface area contributed by atoms with E-state index in [4.69, 9.17) is 4.74 Å². The molecule has 0 spiro atoms. The quantitative estimate of drug-likeness (QED) is 0.869. The van der Waals surface area contributed by atoms with Crippen molar-refractivity contribution in [2.45, 2.75) is 13.0 Å². The Morgan fingerprint density at radius 2 is 2.24 bits per heavy atom. The highest BCUT2D eigenvalue weighted by molar-refractivity contribution is 5.50. The molecule has 0 radical (unpaired) electrons. The summed E-state index contributed by atoms with van der Waals surface area (Å²) in [6.07, 6.45) is 3.20. The number of nitrogens with zero attached hydrogens (tertiary/aromatic N) is 3. The average molecular weight is 232 g/mol. The Morgan fingerprint density at radius 3 is 2.82 bits per heavy atom. The largest absolute Gasteiger partial charge is 0.496 e. The van der Waals surface area contributed by atoms with Gasteiger partial charge in [-0.2, -0.15) is 5.10 Å². The van der Waals surface area contributed by atoms with Gasteiger partial charge >= 0.3 is 0 Å². The highest BCUT2D eigenvalue weighted by atomic mass is 16.5. The van der Waals surface area contributed by atoms with E-state index in [1.165, 1.54) is 6.33 Å². The third-order valence-electron chi connectivity index (χ3n) is 2.79. The summed E-state index contributed by atoms with van der Waals surface area (Å²) in [5.74, 6) is 0.847. The first-order valence-electron chi connectivity index (χ1n) is 5.47. The molecule has 0 aliphatic heterocycles. The summed E-state index contributed by atoms with van der Waals surface area (Å²) in [6, 6.07) is 6.07. The van der Waals surface area contributed by atoms with Gasteiger partial charge in [0.1, 0.15) is 18.4 Å². The lowest BCUT2D eigenvalue weighted by molar-refractivity contribution is 0.403. The van der Waals surface area contributed by atoms with Gasteiger partial charge in [-0.05, 0) is 26.1 Å². The Labute approximate surface area is 100 Å². The van der Waals surface area contributed by atoms with Crippen LogP contribution in [0.2, 0.25) is 0 Å². The molecule has 0 saturated heterocycles. The Balaban J connectivity index is 2.58. The predicted octanol–water partition coefficient (Wildman–Crippen LogP) is 1.56. The molecular weight excluding hydrogens is 216 g/mol. The van der Waals surface area contributed by atoms with E-state index in [0.29, 0.717) is 0 Å². The van der Waals surface area contributed by atoms with Gasteiger partial charge in [0.05, 0.1) is 12.8 Å². The highest BCUT2D eigenvalue weighted by Crippen LogP contribution is 2.30. The third-order valence-corrected chi connectivity index (χ3v) is 2.79. The van der Waals surface area contributed by atoms with E-state index in [9.17, 15) is 0 Å². The second kappa shape index (κ2) is 4.97. The van der Waals surface area contributed by atoms with Crippen LogP contribution in [0.25, 0.3) is 5.69 Å². The molecule has 1 N–H and O–H groups in total. The van der Waals surface area contributed by atoms with Crippen molar-refractivity contribution in [2.24, 2.45) is 0 Å². The van der Waals surface area contributed by atoms with Gasteiger partial charge in [-0.1, -0.05) is 6.07 Å². The third kappa shape index (κ3) is 2.14. The number of aromatic nitrogens is 3. The van der Waals surface area contributed by atoms with E-state index in [2.05, 4.69) is 22.3 Å². The van der Waals surface area contributed by atoms with E-state index in [1.807, 2.05) is 25.2 Å². The van der Waals surface area contributed by atoms with E-state index >= 15 is 0 Å². The molecule has 1 aromatic heterocycles. The number of hydrogen-bond acceptors (Lipinski definition) is 4. The summed E-state index contributed by atoms with van der Waals surface area (Å²) < 4.78 is 7.15. The van der Waals surface area contributed by atoms with Crippen molar-refractivity contribution < 1.29 is 4.74 Å². The molecule has 2 rings (SSSR count). The van der Waals surface area contributed by atoms with Crippen LogP contribution in [0.15, 0.2) is 30.9 Å². The SMILES string of the molecule is CNC(C)c1c(OC)cccc1-n1cncn1. The van der Waals surface area contributed by atoms with Gasteiger partial charge in [0.25, 0.3) is 0 Å². The molecule has 0 fully saturated rings. The summed E-state index contributed by atoms with van der Waals surface area (Å²) in [4.78, 5) is 3.97. The minimum atomic E-state index is 0.172. The van der Waals surface area contributed by atoms with Crippen molar-refractivity contribution in [3.63, 3.8) is 0 Å². The van der Waals surface area contributed by atoms with Gasteiger partial charge in [-0.3, -0.25) is 0 Å². The second-order valence-electron chi connectivity index (χ2n) is 3.74. The maximum Gasteiger partial charge on any atom is 0.138 e. The maximum absolute atomic E-state index is 5.41. The molecule has 90 valence electrons. The zero-order chi connectivity index (χ0) is 12.3. The first kappa shape index (κ1) is 11.6. The lowest BCUT2D eigenvalue weighted by atomic mass is 10.0. The lowest BCUT2D eigenvalue weighted by Crippen LogP contribution is -2.16. The topological polar surface area (TPSA) is 52.0 Å². The highest BCUT2D eigenvalue weighted by Gasteiger charge is 2.16. The van der Waals surface area contributed by atoms with Gasteiger partial charge in [-0.15, -0.1) is 0 Å². The smallest absolute Gasteiger partial charge is 0.138 e. The summed E-state index contributed by atoms with van der Waals surface area (Å²) in [6.45, 7) is 2.08. The molecule has 0 aliphatic rings. The molecule has 5 nitrogen and oxygen atoms in total. The summed E-state index contributed by atoms with van der Waals surface area (Å²) in [5, 5.41) is 7.38. The molecule has 0 saturated carbocycles. The lowest BCUT2D eigenvalue weighted by Gasteiger charge is -2.18. The van der Waals surface area contributed by atoms with E-state index in [1.54, 1.807) is 18.1 Å². The van der Waals surface area contributed by atoms with Crippen LogP contribution in [0.1, 0.15) is 18.5 Å². The number of rotatable bonds is 4. The van der Waals surface area contributed by atoms with Crippen LogP contribution in [-0.4, -0.2) is 28.9 Å². The van der Waals surface area contributed by atoms with Crippen molar-refractivity contribution in [1.29, 1.82) is 0 Å². The zero-order valence-electron chi connectivity index (χ0n) is 10.2. The van der Waals surface area contributed by atoms with Gasteiger partial charge in [0, 0.05) is 11.6 Å². The summed E-state index contributed by atoms with van der Waals surface area (Å²) >= 11 is 0. The fourth-order valence-corrected chi connectivity index (χ4v) is 1.82. The molecule has 0 aliphatic carbocycles. The molecule has 0 amide bonds. The number of benzene rings is 1. The molecule has 17 heavy (non-hydrogen) atoms. The Morgan fingerprint density at radius 1 is 1.41 bits per heavy atom. The van der Waals surface area contributed by atoms with Crippen LogP contribution in [0.5, 0.6) is 5.75 Å². The van der Waals surface area contributed by atoms with Gasteiger partial charge < -0.3 is 10.1 Å². The molecule has 1 unspecified atom stereocenters. The Bertz CT molecular complexity index is 481. The predicted molar refractivity (Wildman–Crippen MR) is 65.4 cm³/mol. The Kier molecular flexibility index (Phi) is 3.39. The molecule has 0 bridgehead atoms. The van der Waals surface area contributed by atoms with Gasteiger partial charge in [-0.25, -0.2) is 9.67 Å². The number of ether oxygens (including phenoxy) is 1. The van der Waals surface area contributed by atoms with Crippen molar-refractivity contribution in [3.8, 4) is 11.4 Å². The number of methoxy groups -OCH3 is 1. The van der Waals surface area contributed by atoms with Crippen LogP contribution < -0.4 is 10.1 Å². The molecule has 2 aromatic rings. The van der Waals surface area contributed by atoms with Crippen molar-refractivity contribution in [1.82, 2.24) is 20.1 Å². The maximum atomic E-state index is 5.41. The van der Waals surface area contributed by atoms with Crippen molar-refractivity contribution in [3.05, 3.63) is 36.4 Å². The normalized spacial score (nSPS) is 12.4. The van der Waals surface area contributed by atoms with Gasteiger partial charge in [0.2, 0.25) is 0 Å². The van der Waals surface area contributed by atoms with Crippen LogP contribution in [0, 0.1) is 0 Å². The van der Waals surface area contributed by atoms with Crippen molar-refractivity contribution >= 4 is 0 Å². The van der Waals surface area contributed by atoms with E-state index in [-0.39, 0.29) is 6.04 Å². The van der Waals surface area contributed by atoms with E-state index in [0.717, 1.165) is 17.0 Å². The first-order valence-corrected chi connectivity index (χ1v) is 5.47. The van der Waals surface area contributed by atoms with Gasteiger partial charge in [0.15, 0.2) is 0 Å². The minimum absolute atomic E-state index is 0.172. The fourth-order valence-electron chi connectivity index (χ4n) is 1.82. The Hall–Kier alpha value is -1.88. The second-order valence-corrected chi connectivity index (χ2v) is 3.74. The monoisotopic (exact) mass is 232 g/mol. The van der Waals surface area contributed by atoms with Crippen LogP contribution in [0.3, 0.4) is 0 Å². The summed E-state index contributed by atoms with van der Waals surface area (Å²) in [5.41, 5.74) is 2.05. The molecule has 5 heteroatoms. The summed E-state index contributed by atoms with van der Waals surface area (Å²) in [7, 11) is 3.59. The molecule has 1 heterocycles. The molecule has 1 atom stereocenters. The molecule has 1 aromatic carbocycles. The van der Waals surface area contributed by atoms with Crippen LogP contribution in [0.4, 0.5) is 0 Å². The minimum Gasteiger partial charge on any atom is -0.496 e. The fraction of sp³-hybridized carbons (Fsp3) is 0.333. The van der Waals surface area contributed by atoms with Crippen LogP contribution >= 0.6 is 0 Å². The van der Waals surface area contributed by atoms with Crippen molar-refractivity contribution in [2.75, 3.05) is 14.2 Å². The molecular formula is C12H16N4O. The average Bonchev–Trinajstić information content (AvgIpc) is 2.90. The number of hydrogen-bond donors (Lipinski definition) is 1. The van der Waals surface area contributed by atoms with Crippen LogP contribution in [-0.2, 0) is 0 Å². The zero-order valence-corrected chi connectivity index (χ0v) is 10.2. The number of nitrogens with one attached hydrogen (secondary N) is 1. The first-order chi connectivity index (χ1) is 8.27.